The Kier molecular flexibility index (Phi) is 10.2. The number of hydrogen-bond donors (Lipinski definition) is 1. The van der Waals surface area contributed by atoms with Crippen molar-refractivity contribution in [1.29, 1.82) is 0 Å². The van der Waals surface area contributed by atoms with Gasteiger partial charge in [-0.3, -0.25) is 9.59 Å². The summed E-state index contributed by atoms with van der Waals surface area (Å²) in [5.74, 6) is 2.45. The highest BCUT2D eigenvalue weighted by molar-refractivity contribution is 6.09. The first-order valence-corrected chi connectivity index (χ1v) is 16.6. The fourth-order valence-electron chi connectivity index (χ4n) is 7.37. The van der Waals surface area contributed by atoms with Crippen LogP contribution in [0.1, 0.15) is 99.2 Å². The number of benzene rings is 3. The molecule has 2 aliphatic rings. The van der Waals surface area contributed by atoms with Gasteiger partial charge in [0.2, 0.25) is 0 Å². The van der Waals surface area contributed by atoms with Crippen molar-refractivity contribution in [3.8, 4) is 17.2 Å². The van der Waals surface area contributed by atoms with Crippen molar-refractivity contribution >= 4 is 11.8 Å². The van der Waals surface area contributed by atoms with E-state index in [0.29, 0.717) is 41.7 Å². The second kappa shape index (κ2) is 14.1. The molecule has 2 saturated carbocycles. The number of fused-ring (bicyclic) bond motifs is 1. The zero-order valence-corrected chi connectivity index (χ0v) is 27.3. The van der Waals surface area contributed by atoms with E-state index in [1.165, 1.54) is 18.4 Å². The first kappa shape index (κ1) is 32.6. The van der Waals surface area contributed by atoms with Gasteiger partial charge in [-0.25, -0.2) is 0 Å². The molecular formula is C39H48O6. The van der Waals surface area contributed by atoms with E-state index in [9.17, 15) is 14.7 Å². The van der Waals surface area contributed by atoms with Gasteiger partial charge in [-0.05, 0) is 98.0 Å². The van der Waals surface area contributed by atoms with Crippen LogP contribution in [0.4, 0.5) is 0 Å². The van der Waals surface area contributed by atoms with Crippen molar-refractivity contribution in [3.05, 3.63) is 89.0 Å². The van der Waals surface area contributed by atoms with Gasteiger partial charge in [-0.1, -0.05) is 64.3 Å². The van der Waals surface area contributed by atoms with Gasteiger partial charge in [0.15, 0.2) is 5.78 Å². The molecule has 3 aromatic carbocycles. The van der Waals surface area contributed by atoms with Crippen LogP contribution in [0.2, 0.25) is 0 Å². The van der Waals surface area contributed by atoms with Crippen LogP contribution >= 0.6 is 0 Å². The van der Waals surface area contributed by atoms with Crippen LogP contribution in [-0.4, -0.2) is 36.2 Å². The second-order valence-electron chi connectivity index (χ2n) is 13.6. The summed E-state index contributed by atoms with van der Waals surface area (Å²) in [7, 11) is 1.68. The Morgan fingerprint density at radius 1 is 0.867 bits per heavy atom. The van der Waals surface area contributed by atoms with Crippen LogP contribution < -0.4 is 14.2 Å². The van der Waals surface area contributed by atoms with Gasteiger partial charge in [0.05, 0.1) is 13.7 Å². The fourth-order valence-corrected chi connectivity index (χ4v) is 7.37. The Balaban J connectivity index is 1.18. The zero-order valence-electron chi connectivity index (χ0n) is 27.3. The third kappa shape index (κ3) is 7.54. The molecule has 0 saturated heterocycles. The Labute approximate surface area is 268 Å². The van der Waals surface area contributed by atoms with Crippen molar-refractivity contribution in [2.45, 2.75) is 90.6 Å². The molecule has 0 heterocycles. The van der Waals surface area contributed by atoms with Gasteiger partial charge in [-0.2, -0.15) is 0 Å². The van der Waals surface area contributed by atoms with Gasteiger partial charge >= 0.3 is 5.97 Å². The predicted molar refractivity (Wildman–Crippen MR) is 177 cm³/mol. The molecule has 5 rings (SSSR count). The Morgan fingerprint density at radius 2 is 1.62 bits per heavy atom. The van der Waals surface area contributed by atoms with E-state index in [1.54, 1.807) is 19.2 Å². The number of rotatable bonds is 16. The summed E-state index contributed by atoms with van der Waals surface area (Å²) in [5.41, 5.74) is 3.11. The number of methoxy groups -OCH3 is 1. The molecule has 0 aromatic heterocycles. The smallest absolute Gasteiger partial charge is 0.303 e. The second-order valence-corrected chi connectivity index (χ2v) is 13.6. The van der Waals surface area contributed by atoms with Crippen LogP contribution in [-0.2, 0) is 17.6 Å². The van der Waals surface area contributed by atoms with E-state index in [0.717, 1.165) is 55.6 Å². The number of hydrogen-bond acceptors (Lipinski definition) is 5. The highest BCUT2D eigenvalue weighted by Crippen LogP contribution is 2.70. The summed E-state index contributed by atoms with van der Waals surface area (Å²) in [5, 5.41) is 9.34. The van der Waals surface area contributed by atoms with Crippen LogP contribution in [0.25, 0.3) is 0 Å². The molecule has 1 N–H and O–H groups in total. The Morgan fingerprint density at radius 3 is 2.38 bits per heavy atom. The topological polar surface area (TPSA) is 82.1 Å². The molecule has 0 bridgehead atoms. The first-order valence-electron chi connectivity index (χ1n) is 16.6. The van der Waals surface area contributed by atoms with Crippen molar-refractivity contribution in [2.24, 2.45) is 17.3 Å². The first-order chi connectivity index (χ1) is 21.6. The summed E-state index contributed by atoms with van der Waals surface area (Å²) < 4.78 is 18.0. The minimum Gasteiger partial charge on any atom is -0.497 e. The van der Waals surface area contributed by atoms with Crippen molar-refractivity contribution in [2.75, 3.05) is 13.7 Å². The lowest BCUT2D eigenvalue weighted by molar-refractivity contribution is -0.136. The third-order valence-corrected chi connectivity index (χ3v) is 10.1. The van der Waals surface area contributed by atoms with Crippen LogP contribution in [0.15, 0.2) is 66.7 Å². The lowest BCUT2D eigenvalue weighted by atomic mass is 9.88. The van der Waals surface area contributed by atoms with Gasteiger partial charge in [0, 0.05) is 28.9 Å². The largest absolute Gasteiger partial charge is 0.497 e. The van der Waals surface area contributed by atoms with Crippen LogP contribution in [0.3, 0.4) is 0 Å². The lowest BCUT2D eigenvalue weighted by Crippen LogP contribution is -2.30. The summed E-state index contributed by atoms with van der Waals surface area (Å²) in [6.45, 7) is 7.46. The van der Waals surface area contributed by atoms with Gasteiger partial charge < -0.3 is 19.3 Å². The molecule has 3 atom stereocenters. The maximum atomic E-state index is 13.6. The molecule has 2 fully saturated rings. The van der Waals surface area contributed by atoms with Crippen LogP contribution in [0, 0.1) is 17.3 Å². The van der Waals surface area contributed by atoms with Crippen molar-refractivity contribution in [3.63, 3.8) is 0 Å². The Hall–Kier alpha value is -3.80. The SMILES string of the molecule is COc1ccc(CCCCCCOc2ccc(C(=O)c3cccc(OC45CC(C)CCC4C5(C)C)c3)cc2CCC(=O)O)cc1. The summed E-state index contributed by atoms with van der Waals surface area (Å²) in [6.07, 6.45) is 8.95. The quantitative estimate of drug-likeness (QED) is 0.129. The zero-order chi connectivity index (χ0) is 32.0. The van der Waals surface area contributed by atoms with Gasteiger partial charge in [0.1, 0.15) is 22.8 Å². The molecule has 0 spiro atoms. The summed E-state index contributed by atoms with van der Waals surface area (Å²) >= 11 is 0. The lowest BCUT2D eigenvalue weighted by Gasteiger charge is -2.29. The molecule has 0 aliphatic heterocycles. The average Bonchev–Trinajstić information content (AvgIpc) is 3.51. The average molecular weight is 613 g/mol. The molecule has 0 radical (unpaired) electrons. The number of aryl methyl sites for hydroxylation is 2. The molecular weight excluding hydrogens is 564 g/mol. The minimum absolute atomic E-state index is 0.0276. The molecule has 3 unspecified atom stereocenters. The normalized spacial score (nSPS) is 21.4. The molecule has 0 amide bonds. The maximum Gasteiger partial charge on any atom is 0.303 e. The number of unbranched alkanes of at least 4 members (excludes halogenated alkanes) is 3. The van der Waals surface area contributed by atoms with E-state index in [-0.39, 0.29) is 23.2 Å². The number of ketones is 1. The third-order valence-electron chi connectivity index (χ3n) is 10.1. The number of aliphatic carboxylic acids is 1. The predicted octanol–water partition coefficient (Wildman–Crippen LogP) is 8.72. The molecule has 3 aromatic rings. The van der Waals surface area contributed by atoms with Crippen LogP contribution in [0.5, 0.6) is 17.2 Å². The van der Waals surface area contributed by atoms with E-state index in [1.807, 2.05) is 42.5 Å². The van der Waals surface area contributed by atoms with Gasteiger partial charge in [-0.15, -0.1) is 0 Å². The maximum absolute atomic E-state index is 13.6. The monoisotopic (exact) mass is 612 g/mol. The highest BCUT2D eigenvalue weighted by atomic mass is 16.5. The molecule has 45 heavy (non-hydrogen) atoms. The standard InChI is InChI=1S/C39H48O6/c1-27-13-21-35-38(2,3)39(35,26-27)45-33-12-9-11-30(25-33)37(42)31-16-20-34(29(24-31)17-22-36(40)41)44-23-8-6-5-7-10-28-14-18-32(43-4)19-15-28/h9,11-12,14-16,18-20,24-25,27,35H,5-8,10,13,17,21-23,26H2,1-4H3,(H,40,41). The fraction of sp³-hybridized carbons (Fsp3) is 0.487. The van der Waals surface area contributed by atoms with E-state index < -0.39 is 5.97 Å². The number of carboxylic acid groups (broad SMARTS) is 1. The number of ether oxygens (including phenoxy) is 3. The number of carboxylic acids is 1. The van der Waals surface area contributed by atoms with E-state index in [4.69, 9.17) is 14.2 Å². The van der Waals surface area contributed by atoms with Crippen molar-refractivity contribution in [1.82, 2.24) is 0 Å². The van der Waals surface area contributed by atoms with Crippen molar-refractivity contribution < 1.29 is 28.9 Å². The Bertz CT molecular complexity index is 1480. The highest BCUT2D eigenvalue weighted by Gasteiger charge is 2.74. The van der Waals surface area contributed by atoms with E-state index >= 15 is 0 Å². The molecule has 240 valence electrons. The van der Waals surface area contributed by atoms with Gasteiger partial charge in [0.25, 0.3) is 0 Å². The minimum atomic E-state index is -0.878. The number of carbonyl (C=O) groups is 2. The molecule has 2 aliphatic carbocycles. The molecule has 6 heteroatoms. The summed E-state index contributed by atoms with van der Waals surface area (Å²) in [4.78, 5) is 25.0. The summed E-state index contributed by atoms with van der Waals surface area (Å²) in [6, 6.07) is 21.1. The number of carbonyl (C=O) groups excluding carboxylic acids is 1. The molecule has 6 nitrogen and oxygen atoms in total. The van der Waals surface area contributed by atoms with E-state index in [2.05, 4.69) is 32.9 Å².